The third-order valence-electron chi connectivity index (χ3n) is 4.59. The number of aromatic amines is 1. The van der Waals surface area contributed by atoms with Gasteiger partial charge in [0.2, 0.25) is 0 Å². The third-order valence-corrected chi connectivity index (χ3v) is 4.59. The van der Waals surface area contributed by atoms with Crippen LogP contribution in [0.25, 0.3) is 10.9 Å². The Kier molecular flexibility index (Phi) is 1.82. The van der Waals surface area contributed by atoms with E-state index in [9.17, 15) is 0 Å². The van der Waals surface area contributed by atoms with Crippen LogP contribution in [0.3, 0.4) is 0 Å². The summed E-state index contributed by atoms with van der Waals surface area (Å²) in [4.78, 5) is 3.66. The van der Waals surface area contributed by atoms with E-state index in [0.29, 0.717) is 5.92 Å². The molecular formula is C16H17N. The van der Waals surface area contributed by atoms with Crippen LogP contribution in [-0.4, -0.2) is 4.98 Å². The monoisotopic (exact) mass is 223 g/mol. The molecule has 2 bridgehead atoms. The molecule has 1 aromatic heterocycles. The number of hydrogen-bond donors (Lipinski definition) is 1. The summed E-state index contributed by atoms with van der Waals surface area (Å²) in [5, 5.41) is 1.45. The fourth-order valence-electron chi connectivity index (χ4n) is 3.84. The maximum absolute atomic E-state index is 3.66. The lowest BCUT2D eigenvalue weighted by molar-refractivity contribution is 0.439. The number of H-pyrrole nitrogens is 1. The maximum atomic E-state index is 3.66. The zero-order valence-corrected chi connectivity index (χ0v) is 10.1. The second kappa shape index (κ2) is 3.25. The van der Waals surface area contributed by atoms with E-state index in [1.54, 1.807) is 5.56 Å². The molecule has 0 spiro atoms. The van der Waals surface area contributed by atoms with Crippen molar-refractivity contribution in [2.75, 3.05) is 0 Å². The molecule has 2 aliphatic rings. The third kappa shape index (κ3) is 1.14. The highest BCUT2D eigenvalue weighted by Crippen LogP contribution is 2.51. The van der Waals surface area contributed by atoms with Crippen molar-refractivity contribution in [2.45, 2.75) is 31.6 Å². The van der Waals surface area contributed by atoms with Gasteiger partial charge in [0.1, 0.15) is 0 Å². The molecule has 86 valence electrons. The average molecular weight is 223 g/mol. The van der Waals surface area contributed by atoms with Crippen LogP contribution in [-0.2, 0) is 0 Å². The SMILES string of the molecule is CC[C@@H]1c2c([nH]c3ccccc23)[C@H]2C=C[C@@H]1C2. The molecule has 0 unspecified atom stereocenters. The van der Waals surface area contributed by atoms with E-state index in [0.717, 1.165) is 11.8 Å². The molecule has 0 aliphatic heterocycles. The first-order chi connectivity index (χ1) is 8.38. The van der Waals surface area contributed by atoms with Gasteiger partial charge in [0, 0.05) is 22.5 Å². The average Bonchev–Trinajstić information content (AvgIpc) is 2.94. The zero-order chi connectivity index (χ0) is 11.4. The van der Waals surface area contributed by atoms with Gasteiger partial charge >= 0.3 is 0 Å². The van der Waals surface area contributed by atoms with Gasteiger partial charge < -0.3 is 4.98 Å². The first-order valence-electron chi connectivity index (χ1n) is 6.67. The van der Waals surface area contributed by atoms with Crippen LogP contribution in [0, 0.1) is 5.92 Å². The molecule has 0 saturated heterocycles. The van der Waals surface area contributed by atoms with E-state index in [1.807, 2.05) is 0 Å². The number of para-hydroxylation sites is 1. The fourth-order valence-corrected chi connectivity index (χ4v) is 3.84. The number of allylic oxidation sites excluding steroid dienone is 2. The number of rotatable bonds is 1. The van der Waals surface area contributed by atoms with Gasteiger partial charge in [-0.1, -0.05) is 37.3 Å². The summed E-state index contributed by atoms with van der Waals surface area (Å²) in [5.74, 6) is 2.14. The van der Waals surface area contributed by atoms with Crippen molar-refractivity contribution in [3.8, 4) is 0 Å². The first kappa shape index (κ1) is 9.52. The van der Waals surface area contributed by atoms with Gasteiger partial charge in [-0.3, -0.25) is 0 Å². The van der Waals surface area contributed by atoms with Crippen molar-refractivity contribution in [3.05, 3.63) is 47.7 Å². The maximum Gasteiger partial charge on any atom is 0.0459 e. The van der Waals surface area contributed by atoms with Gasteiger partial charge in [-0.2, -0.15) is 0 Å². The number of nitrogens with one attached hydrogen (secondary N) is 1. The van der Waals surface area contributed by atoms with Crippen LogP contribution >= 0.6 is 0 Å². The molecule has 1 nitrogen and oxygen atoms in total. The highest BCUT2D eigenvalue weighted by Gasteiger charge is 2.37. The Bertz CT molecular complexity index is 605. The van der Waals surface area contributed by atoms with Crippen LogP contribution in [0.1, 0.15) is 42.9 Å². The van der Waals surface area contributed by atoms with Gasteiger partial charge in [0.05, 0.1) is 0 Å². The molecule has 4 rings (SSSR count). The van der Waals surface area contributed by atoms with Crippen LogP contribution < -0.4 is 0 Å². The largest absolute Gasteiger partial charge is 0.358 e. The lowest BCUT2D eigenvalue weighted by atomic mass is 9.75. The van der Waals surface area contributed by atoms with Gasteiger partial charge in [-0.15, -0.1) is 0 Å². The Morgan fingerprint density at radius 1 is 1.24 bits per heavy atom. The molecule has 2 aromatic rings. The van der Waals surface area contributed by atoms with Crippen molar-refractivity contribution in [1.82, 2.24) is 4.98 Å². The van der Waals surface area contributed by atoms with E-state index in [1.165, 1.54) is 29.4 Å². The van der Waals surface area contributed by atoms with E-state index >= 15 is 0 Å². The molecule has 0 fully saturated rings. The summed E-state index contributed by atoms with van der Waals surface area (Å²) in [6.07, 6.45) is 7.42. The van der Waals surface area contributed by atoms with Gasteiger partial charge in [0.15, 0.2) is 0 Å². The second-order valence-electron chi connectivity index (χ2n) is 5.40. The molecule has 2 aliphatic carbocycles. The molecule has 3 atom stereocenters. The van der Waals surface area contributed by atoms with Crippen molar-refractivity contribution in [3.63, 3.8) is 0 Å². The standard InChI is InChI=1S/C16H17N/c1-2-12-10-7-8-11(9-10)16-15(12)13-5-3-4-6-14(13)17-16/h3-8,10-12,17H,2,9H2,1H3/t10-,11+,12+/m1/s1. The molecule has 1 heterocycles. The Hall–Kier alpha value is -1.50. The number of hydrogen-bond acceptors (Lipinski definition) is 0. The molecule has 17 heavy (non-hydrogen) atoms. The van der Waals surface area contributed by atoms with Gasteiger partial charge in [-0.05, 0) is 36.3 Å². The van der Waals surface area contributed by atoms with Gasteiger partial charge in [-0.25, -0.2) is 0 Å². The summed E-state index contributed by atoms with van der Waals surface area (Å²) in [6, 6.07) is 8.77. The molecule has 1 heteroatoms. The van der Waals surface area contributed by atoms with Crippen LogP contribution in [0.15, 0.2) is 36.4 Å². The van der Waals surface area contributed by atoms with Crippen molar-refractivity contribution in [2.24, 2.45) is 5.92 Å². The molecule has 0 saturated carbocycles. The van der Waals surface area contributed by atoms with Gasteiger partial charge in [0.25, 0.3) is 0 Å². The Labute approximate surface area is 102 Å². The topological polar surface area (TPSA) is 15.8 Å². The highest BCUT2D eigenvalue weighted by atomic mass is 14.7. The van der Waals surface area contributed by atoms with E-state index in [2.05, 4.69) is 48.3 Å². The van der Waals surface area contributed by atoms with E-state index in [-0.39, 0.29) is 0 Å². The van der Waals surface area contributed by atoms with Crippen LogP contribution in [0.2, 0.25) is 0 Å². The Morgan fingerprint density at radius 2 is 2.12 bits per heavy atom. The second-order valence-corrected chi connectivity index (χ2v) is 5.40. The van der Waals surface area contributed by atoms with Crippen molar-refractivity contribution < 1.29 is 0 Å². The highest BCUT2D eigenvalue weighted by molar-refractivity contribution is 5.86. The van der Waals surface area contributed by atoms with Crippen LogP contribution in [0.5, 0.6) is 0 Å². The molecule has 1 N–H and O–H groups in total. The molecule has 0 amide bonds. The smallest absolute Gasteiger partial charge is 0.0459 e. The van der Waals surface area contributed by atoms with Crippen molar-refractivity contribution >= 4 is 10.9 Å². The lowest BCUT2D eigenvalue weighted by Gasteiger charge is -2.29. The molecule has 1 aromatic carbocycles. The minimum Gasteiger partial charge on any atom is -0.358 e. The summed E-state index contributed by atoms with van der Waals surface area (Å²) in [7, 11) is 0. The fraction of sp³-hybridized carbons (Fsp3) is 0.375. The normalized spacial score (nSPS) is 29.8. The van der Waals surface area contributed by atoms with E-state index in [4.69, 9.17) is 0 Å². The number of benzene rings is 1. The lowest BCUT2D eigenvalue weighted by Crippen LogP contribution is -2.16. The summed E-state index contributed by atoms with van der Waals surface area (Å²) < 4.78 is 0. The number of aromatic nitrogens is 1. The summed E-state index contributed by atoms with van der Waals surface area (Å²) >= 11 is 0. The summed E-state index contributed by atoms with van der Waals surface area (Å²) in [6.45, 7) is 2.32. The predicted molar refractivity (Wildman–Crippen MR) is 71.3 cm³/mol. The zero-order valence-electron chi connectivity index (χ0n) is 10.1. The van der Waals surface area contributed by atoms with Crippen molar-refractivity contribution in [1.29, 1.82) is 0 Å². The Morgan fingerprint density at radius 3 is 3.00 bits per heavy atom. The predicted octanol–water partition coefficient (Wildman–Crippen LogP) is 4.33. The molecule has 0 radical (unpaired) electrons. The summed E-state index contributed by atoms with van der Waals surface area (Å²) in [5.41, 5.74) is 4.41. The first-order valence-corrected chi connectivity index (χ1v) is 6.67. The van der Waals surface area contributed by atoms with Crippen LogP contribution in [0.4, 0.5) is 0 Å². The minimum atomic E-state index is 0.644. The van der Waals surface area contributed by atoms with E-state index < -0.39 is 0 Å². The number of fused-ring (bicyclic) bond motifs is 6. The minimum absolute atomic E-state index is 0.644. The quantitative estimate of drug-likeness (QED) is 0.692. The Balaban J connectivity index is 2.05. The molecular weight excluding hydrogens is 206 g/mol.